The van der Waals surface area contributed by atoms with Gasteiger partial charge in [-0.1, -0.05) is 23.7 Å². The number of aromatic carboxylic acids is 1. The molecule has 1 heterocycles. The van der Waals surface area contributed by atoms with Crippen molar-refractivity contribution < 1.29 is 24.4 Å². The SMILES string of the molecule is O=C1OC(c2ccc(Cl)c([N+](=O)[O-])c2)=N/C1=C\c1ccc(C(=O)O)cc1. The number of hydrogen-bond acceptors (Lipinski definition) is 6. The van der Waals surface area contributed by atoms with Gasteiger partial charge in [-0.15, -0.1) is 0 Å². The van der Waals surface area contributed by atoms with Gasteiger partial charge in [-0.2, -0.15) is 0 Å². The lowest BCUT2D eigenvalue weighted by atomic mass is 10.1. The lowest BCUT2D eigenvalue weighted by Gasteiger charge is -2.00. The minimum absolute atomic E-state index is 0.0133. The quantitative estimate of drug-likeness (QED) is 0.380. The van der Waals surface area contributed by atoms with Gasteiger partial charge in [0.2, 0.25) is 5.90 Å². The molecule has 1 aliphatic rings. The zero-order chi connectivity index (χ0) is 18.8. The maximum absolute atomic E-state index is 12.0. The zero-order valence-electron chi connectivity index (χ0n) is 12.9. The first kappa shape index (κ1) is 17.3. The zero-order valence-corrected chi connectivity index (χ0v) is 13.6. The summed E-state index contributed by atoms with van der Waals surface area (Å²) in [5, 5.41) is 19.8. The summed E-state index contributed by atoms with van der Waals surface area (Å²) in [6.45, 7) is 0. The predicted molar refractivity (Wildman–Crippen MR) is 92.1 cm³/mol. The second-order valence-corrected chi connectivity index (χ2v) is 5.59. The van der Waals surface area contributed by atoms with E-state index in [1.54, 1.807) is 0 Å². The monoisotopic (exact) mass is 372 g/mol. The summed E-state index contributed by atoms with van der Waals surface area (Å²) in [6, 6.07) is 9.75. The molecule has 9 heteroatoms. The molecule has 0 bridgehead atoms. The third-order valence-corrected chi connectivity index (χ3v) is 3.79. The fourth-order valence-electron chi connectivity index (χ4n) is 2.20. The number of rotatable bonds is 4. The Kier molecular flexibility index (Phi) is 4.51. The Morgan fingerprint density at radius 1 is 1.23 bits per heavy atom. The van der Waals surface area contributed by atoms with E-state index in [4.69, 9.17) is 21.4 Å². The third kappa shape index (κ3) is 3.45. The normalized spacial score (nSPS) is 14.9. The number of aliphatic imine (C=N–C) groups is 1. The summed E-state index contributed by atoms with van der Waals surface area (Å²) >= 11 is 5.76. The third-order valence-electron chi connectivity index (χ3n) is 3.47. The standard InChI is InChI=1S/C17H9ClN2O6/c18-12-6-5-11(8-14(12)20(24)25)15-19-13(17(23)26-15)7-9-1-3-10(4-2-9)16(21)22/h1-8H,(H,21,22)/b13-7-. The fraction of sp³-hybridized carbons (Fsp3) is 0. The first-order valence-corrected chi connectivity index (χ1v) is 7.53. The van der Waals surface area contributed by atoms with E-state index in [-0.39, 0.29) is 33.4 Å². The highest BCUT2D eigenvalue weighted by Crippen LogP contribution is 2.27. The molecule has 8 nitrogen and oxygen atoms in total. The molecule has 2 aromatic rings. The molecule has 26 heavy (non-hydrogen) atoms. The van der Waals surface area contributed by atoms with Gasteiger partial charge in [0.1, 0.15) is 5.02 Å². The molecule has 1 N–H and O–H groups in total. The van der Waals surface area contributed by atoms with Crippen molar-refractivity contribution in [2.45, 2.75) is 0 Å². The van der Waals surface area contributed by atoms with E-state index >= 15 is 0 Å². The van der Waals surface area contributed by atoms with E-state index in [0.29, 0.717) is 5.56 Å². The number of nitrogens with zero attached hydrogens (tertiary/aromatic N) is 2. The van der Waals surface area contributed by atoms with Crippen molar-refractivity contribution in [1.82, 2.24) is 0 Å². The fourth-order valence-corrected chi connectivity index (χ4v) is 2.38. The second kappa shape index (κ2) is 6.77. The molecule has 0 amide bonds. The van der Waals surface area contributed by atoms with E-state index in [9.17, 15) is 19.7 Å². The van der Waals surface area contributed by atoms with Gasteiger partial charge in [0.05, 0.1) is 10.5 Å². The van der Waals surface area contributed by atoms with Crippen LogP contribution >= 0.6 is 11.6 Å². The number of carbonyl (C=O) groups is 2. The van der Waals surface area contributed by atoms with Gasteiger partial charge >= 0.3 is 11.9 Å². The van der Waals surface area contributed by atoms with Crippen LogP contribution in [0.3, 0.4) is 0 Å². The van der Waals surface area contributed by atoms with Gasteiger partial charge < -0.3 is 9.84 Å². The number of carboxylic acids is 1. The van der Waals surface area contributed by atoms with E-state index in [1.807, 2.05) is 0 Å². The molecule has 0 atom stereocenters. The van der Waals surface area contributed by atoms with Crippen molar-refractivity contribution in [1.29, 1.82) is 0 Å². The Morgan fingerprint density at radius 3 is 2.54 bits per heavy atom. The van der Waals surface area contributed by atoms with Crippen LogP contribution < -0.4 is 0 Å². The van der Waals surface area contributed by atoms with Crippen LogP contribution in [0.25, 0.3) is 6.08 Å². The van der Waals surface area contributed by atoms with Gasteiger partial charge in [0, 0.05) is 11.6 Å². The Labute approximate surface area is 151 Å². The highest BCUT2D eigenvalue weighted by molar-refractivity contribution is 6.32. The summed E-state index contributed by atoms with van der Waals surface area (Å²) in [7, 11) is 0. The van der Waals surface area contributed by atoms with Gasteiger partial charge in [-0.25, -0.2) is 14.6 Å². The minimum Gasteiger partial charge on any atom is -0.478 e. The van der Waals surface area contributed by atoms with Crippen LogP contribution in [0.2, 0.25) is 5.02 Å². The number of nitro benzene ring substituents is 1. The smallest absolute Gasteiger partial charge is 0.363 e. The molecule has 0 unspecified atom stereocenters. The first-order chi connectivity index (χ1) is 12.3. The molecule has 0 saturated carbocycles. The van der Waals surface area contributed by atoms with E-state index in [1.165, 1.54) is 48.5 Å². The van der Waals surface area contributed by atoms with Gasteiger partial charge in [-0.05, 0) is 35.9 Å². The first-order valence-electron chi connectivity index (χ1n) is 7.15. The highest BCUT2D eigenvalue weighted by Gasteiger charge is 2.26. The van der Waals surface area contributed by atoms with E-state index < -0.39 is 16.9 Å². The molecule has 0 aromatic heterocycles. The number of ether oxygens (including phenoxy) is 1. The topological polar surface area (TPSA) is 119 Å². The summed E-state index contributed by atoms with van der Waals surface area (Å²) in [5.74, 6) is -1.86. The molecule has 1 aliphatic heterocycles. The average Bonchev–Trinajstić information content (AvgIpc) is 2.96. The number of benzene rings is 2. The van der Waals surface area contributed by atoms with Crippen LogP contribution in [0.1, 0.15) is 21.5 Å². The molecule has 0 radical (unpaired) electrons. The lowest BCUT2D eigenvalue weighted by Crippen LogP contribution is -2.06. The highest BCUT2D eigenvalue weighted by atomic mass is 35.5. The Balaban J connectivity index is 1.93. The number of cyclic esters (lactones) is 1. The molecule has 0 saturated heterocycles. The van der Waals surface area contributed by atoms with Gasteiger partial charge in [0.25, 0.3) is 5.69 Å². The van der Waals surface area contributed by atoms with Crippen molar-refractivity contribution in [2.75, 3.05) is 0 Å². The van der Waals surface area contributed by atoms with Crippen LogP contribution in [-0.4, -0.2) is 27.9 Å². The van der Waals surface area contributed by atoms with Gasteiger partial charge in [-0.3, -0.25) is 10.1 Å². The Hall–Kier alpha value is -3.52. The summed E-state index contributed by atoms with van der Waals surface area (Å²) in [5.41, 5.74) is 0.553. The molecule has 2 aromatic carbocycles. The maximum Gasteiger partial charge on any atom is 0.363 e. The lowest BCUT2D eigenvalue weighted by molar-refractivity contribution is -0.384. The molecule has 3 rings (SSSR count). The van der Waals surface area contributed by atoms with E-state index in [2.05, 4.69) is 4.99 Å². The van der Waals surface area contributed by atoms with Crippen molar-refractivity contribution in [2.24, 2.45) is 4.99 Å². The molecular weight excluding hydrogens is 364 g/mol. The molecule has 0 spiro atoms. The molecule has 0 fully saturated rings. The summed E-state index contributed by atoms with van der Waals surface area (Å²) < 4.78 is 5.05. The van der Waals surface area contributed by atoms with Crippen molar-refractivity contribution in [3.05, 3.63) is 80.0 Å². The van der Waals surface area contributed by atoms with Crippen molar-refractivity contribution in [3.8, 4) is 0 Å². The average molecular weight is 373 g/mol. The van der Waals surface area contributed by atoms with Crippen molar-refractivity contribution >= 4 is 41.2 Å². The molecule has 130 valence electrons. The van der Waals surface area contributed by atoms with Crippen LogP contribution in [0, 0.1) is 10.1 Å². The Morgan fingerprint density at radius 2 is 1.92 bits per heavy atom. The second-order valence-electron chi connectivity index (χ2n) is 5.19. The molecular formula is C17H9ClN2O6. The summed E-state index contributed by atoms with van der Waals surface area (Å²) in [4.78, 5) is 37.2. The molecule has 0 aliphatic carbocycles. The number of nitro groups is 1. The number of hydrogen-bond donors (Lipinski definition) is 1. The number of carbonyl (C=O) groups excluding carboxylic acids is 1. The number of halogens is 1. The van der Waals surface area contributed by atoms with Crippen LogP contribution in [0.5, 0.6) is 0 Å². The minimum atomic E-state index is -1.06. The number of esters is 1. The maximum atomic E-state index is 12.0. The summed E-state index contributed by atoms with van der Waals surface area (Å²) in [6.07, 6.45) is 1.42. The van der Waals surface area contributed by atoms with Gasteiger partial charge in [0.15, 0.2) is 5.70 Å². The largest absolute Gasteiger partial charge is 0.478 e. The number of carboxylic acid groups (broad SMARTS) is 1. The van der Waals surface area contributed by atoms with Crippen LogP contribution in [-0.2, 0) is 9.53 Å². The predicted octanol–water partition coefficient (Wildman–Crippen LogP) is 3.29. The van der Waals surface area contributed by atoms with Crippen molar-refractivity contribution in [3.63, 3.8) is 0 Å². The van der Waals surface area contributed by atoms with Crippen LogP contribution in [0.15, 0.2) is 53.2 Å². The van der Waals surface area contributed by atoms with Crippen LogP contribution in [0.4, 0.5) is 5.69 Å². The van der Waals surface area contributed by atoms with E-state index in [0.717, 1.165) is 0 Å². The Bertz CT molecular complexity index is 995.